The fourth-order valence-corrected chi connectivity index (χ4v) is 13.5. The van der Waals surface area contributed by atoms with E-state index in [4.69, 9.17) is 23.6 Å². The topological polar surface area (TPSA) is 0 Å². The van der Waals surface area contributed by atoms with Crippen LogP contribution in [0.25, 0.3) is 5.31 Å². The third-order valence-corrected chi connectivity index (χ3v) is 16.3. The Hall–Kier alpha value is -2.38. The first-order valence-corrected chi connectivity index (χ1v) is 18.4. The summed E-state index contributed by atoms with van der Waals surface area (Å²) in [6, 6.07) is 45.9. The van der Waals surface area contributed by atoms with E-state index in [1.807, 2.05) is 12.1 Å². The van der Waals surface area contributed by atoms with Gasteiger partial charge in [-0.3, -0.25) is 0 Å². The molecular weight excluding hydrogens is 590 g/mol. The zero-order chi connectivity index (χ0) is 25.7. The van der Waals surface area contributed by atoms with Gasteiger partial charge in [0.05, 0.1) is 0 Å². The van der Waals surface area contributed by atoms with Crippen LogP contribution in [0.2, 0.25) is 0 Å². The van der Waals surface area contributed by atoms with Gasteiger partial charge in [0.25, 0.3) is 0 Å². The molecule has 0 spiro atoms. The highest BCUT2D eigenvalue weighted by atomic mass is 79.9. The van der Waals surface area contributed by atoms with E-state index in [1.165, 1.54) is 0 Å². The van der Waals surface area contributed by atoms with Crippen LogP contribution in [-0.2, 0) is 23.6 Å². The highest BCUT2D eigenvalue weighted by molar-refractivity contribution is 9.10. The average molecular weight is 616 g/mol. The molecule has 0 fully saturated rings. The molecule has 0 atom stereocenters. The van der Waals surface area contributed by atoms with Crippen molar-refractivity contribution in [1.29, 1.82) is 0 Å². The molecule has 182 valence electrons. The minimum atomic E-state index is -2.47. The first-order valence-electron chi connectivity index (χ1n) is 11.9. The van der Waals surface area contributed by atoms with Crippen LogP contribution < -0.4 is 21.2 Å². The molecule has 0 radical (unpaired) electrons. The highest BCUT2D eigenvalue weighted by Crippen LogP contribution is 2.61. The van der Waals surface area contributed by atoms with E-state index in [0.29, 0.717) is 0 Å². The SMILES string of the molecule is S=P(/C=C(\c1ccc(Br)cc1)P(=S)(c1ccccc1)c1ccccc1)(c1ccccc1)c1ccccc1. The highest BCUT2D eigenvalue weighted by Gasteiger charge is 2.31. The molecule has 0 unspecified atom stereocenters. The molecule has 0 bridgehead atoms. The lowest BCUT2D eigenvalue weighted by atomic mass is 10.2. The molecule has 0 nitrogen and oxygen atoms in total. The van der Waals surface area contributed by atoms with Crippen molar-refractivity contribution >= 4 is 78.2 Å². The molecular formula is C32H25BrP2S2. The molecule has 0 aliphatic carbocycles. The van der Waals surface area contributed by atoms with Gasteiger partial charge in [-0.1, -0.05) is 173 Å². The Morgan fingerprint density at radius 2 is 0.838 bits per heavy atom. The van der Waals surface area contributed by atoms with Crippen LogP contribution in [-0.4, -0.2) is 0 Å². The van der Waals surface area contributed by atoms with Crippen LogP contribution in [0.5, 0.6) is 0 Å². The third kappa shape index (κ3) is 5.44. The summed E-state index contributed by atoms with van der Waals surface area (Å²) in [4.78, 5) is 0. The number of halogens is 1. The summed E-state index contributed by atoms with van der Waals surface area (Å²) in [5.41, 5.74) is 1.11. The van der Waals surface area contributed by atoms with Gasteiger partial charge >= 0.3 is 0 Å². The first-order chi connectivity index (χ1) is 18.0. The molecule has 0 saturated carbocycles. The molecule has 37 heavy (non-hydrogen) atoms. The first kappa shape index (κ1) is 26.2. The fourth-order valence-electron chi connectivity index (χ4n) is 4.43. The molecule has 0 amide bonds. The zero-order valence-electron chi connectivity index (χ0n) is 20.0. The second-order valence-electron chi connectivity index (χ2n) is 8.63. The molecule has 5 aromatic carbocycles. The quantitative estimate of drug-likeness (QED) is 0.170. The van der Waals surface area contributed by atoms with Crippen molar-refractivity contribution in [3.05, 3.63) is 161 Å². The van der Waals surface area contributed by atoms with Gasteiger partial charge in [0.2, 0.25) is 0 Å². The lowest BCUT2D eigenvalue weighted by Crippen LogP contribution is -2.18. The summed E-state index contributed by atoms with van der Waals surface area (Å²) < 4.78 is 1.04. The van der Waals surface area contributed by atoms with Crippen molar-refractivity contribution in [2.45, 2.75) is 0 Å². The van der Waals surface area contributed by atoms with Crippen LogP contribution in [0.1, 0.15) is 5.56 Å². The fraction of sp³-hybridized carbons (Fsp3) is 0. The molecule has 0 N–H and O–H groups in total. The van der Waals surface area contributed by atoms with Crippen LogP contribution in [0.3, 0.4) is 0 Å². The number of benzene rings is 5. The van der Waals surface area contributed by atoms with Crippen molar-refractivity contribution in [2.24, 2.45) is 0 Å². The van der Waals surface area contributed by atoms with Gasteiger partial charge in [0.15, 0.2) is 0 Å². The van der Waals surface area contributed by atoms with E-state index < -0.39 is 12.1 Å². The summed E-state index contributed by atoms with van der Waals surface area (Å²) >= 11 is 17.2. The molecule has 0 aliphatic rings. The second-order valence-corrected chi connectivity index (χ2v) is 18.3. The van der Waals surface area contributed by atoms with E-state index in [9.17, 15) is 0 Å². The number of rotatable bonds is 7. The molecule has 0 saturated heterocycles. The van der Waals surface area contributed by atoms with Crippen LogP contribution >= 0.6 is 28.0 Å². The van der Waals surface area contributed by atoms with Crippen molar-refractivity contribution in [2.75, 3.05) is 0 Å². The molecule has 0 aromatic heterocycles. The molecule has 5 heteroatoms. The predicted octanol–water partition coefficient (Wildman–Crippen LogP) is 8.01. The Kier molecular flexibility index (Phi) is 8.20. The van der Waals surface area contributed by atoms with E-state index in [1.54, 1.807) is 0 Å². The van der Waals surface area contributed by atoms with Gasteiger partial charge in [-0.25, -0.2) is 0 Å². The summed E-state index contributed by atoms with van der Waals surface area (Å²) in [6.07, 6.45) is 0. The van der Waals surface area contributed by atoms with Gasteiger partial charge in [0, 0.05) is 21.9 Å². The summed E-state index contributed by atoms with van der Waals surface area (Å²) in [6.45, 7) is 0. The maximum Gasteiger partial charge on any atom is 0.0386 e. The lowest BCUT2D eigenvalue weighted by Gasteiger charge is -2.30. The van der Waals surface area contributed by atoms with Gasteiger partial charge in [-0.2, -0.15) is 0 Å². The predicted molar refractivity (Wildman–Crippen MR) is 175 cm³/mol. The number of hydrogen-bond acceptors (Lipinski definition) is 2. The minimum Gasteiger partial charge on any atom is -0.0832 e. The maximum atomic E-state index is 6.84. The van der Waals surface area contributed by atoms with Gasteiger partial charge < -0.3 is 0 Å². The van der Waals surface area contributed by atoms with E-state index in [2.05, 4.69) is 155 Å². The Bertz CT molecular complexity index is 1510. The minimum absolute atomic E-state index is 1.04. The van der Waals surface area contributed by atoms with Crippen molar-refractivity contribution < 1.29 is 0 Å². The number of hydrogen-bond donors (Lipinski definition) is 0. The molecule has 0 aliphatic heterocycles. The smallest absolute Gasteiger partial charge is 0.0386 e. The largest absolute Gasteiger partial charge is 0.0832 e. The van der Waals surface area contributed by atoms with Crippen molar-refractivity contribution in [3.63, 3.8) is 0 Å². The third-order valence-electron chi connectivity index (χ3n) is 6.30. The maximum absolute atomic E-state index is 6.84. The Morgan fingerprint density at radius 3 is 1.22 bits per heavy atom. The summed E-state index contributed by atoms with van der Waals surface area (Å²) in [7, 11) is 0. The molecule has 0 heterocycles. The van der Waals surface area contributed by atoms with E-state index in [-0.39, 0.29) is 0 Å². The van der Waals surface area contributed by atoms with E-state index >= 15 is 0 Å². The Morgan fingerprint density at radius 1 is 0.486 bits per heavy atom. The molecule has 5 aromatic rings. The monoisotopic (exact) mass is 614 g/mol. The van der Waals surface area contributed by atoms with Crippen LogP contribution in [0.15, 0.2) is 156 Å². The molecule has 5 rings (SSSR count). The van der Waals surface area contributed by atoms with Gasteiger partial charge in [-0.05, 0) is 44.7 Å². The zero-order valence-corrected chi connectivity index (χ0v) is 25.0. The van der Waals surface area contributed by atoms with Crippen LogP contribution in [0, 0.1) is 0 Å². The van der Waals surface area contributed by atoms with Crippen molar-refractivity contribution in [1.82, 2.24) is 0 Å². The Labute approximate surface area is 238 Å². The van der Waals surface area contributed by atoms with Crippen LogP contribution in [0.4, 0.5) is 0 Å². The summed E-state index contributed by atoms with van der Waals surface area (Å²) in [5, 5.41) is 5.78. The lowest BCUT2D eigenvalue weighted by molar-refractivity contribution is 1.61. The second kappa shape index (κ2) is 11.6. The van der Waals surface area contributed by atoms with Gasteiger partial charge in [-0.15, -0.1) is 0 Å². The Balaban J connectivity index is 1.89. The van der Waals surface area contributed by atoms with Gasteiger partial charge in [0.1, 0.15) is 0 Å². The van der Waals surface area contributed by atoms with Crippen molar-refractivity contribution in [3.8, 4) is 0 Å². The summed E-state index contributed by atoms with van der Waals surface area (Å²) in [5.74, 6) is 2.37. The van der Waals surface area contributed by atoms with E-state index in [0.717, 1.165) is 36.6 Å². The average Bonchev–Trinajstić information content (AvgIpc) is 2.98. The normalized spacial score (nSPS) is 12.3. The standard InChI is InChI=1S/C32H25BrP2S2/c33-27-23-21-26(22-24-27)32(35(37,30-17-9-3-10-18-30)31-19-11-4-12-20-31)25-34(36,28-13-5-1-6-14-28)29-15-7-2-8-16-29/h1-25H/b32-25+.